The standard InChI is InChI=1S/C13H18BrNOS/c1-3-5-8-15(4-2)13(16)11-9-10(17)6-7-12(11)14/h6-7,9,17H,3-5,8H2,1-2H3. The van der Waals surface area contributed by atoms with Crippen LogP contribution in [0.5, 0.6) is 0 Å². The van der Waals surface area contributed by atoms with Gasteiger partial charge in [-0.3, -0.25) is 4.79 Å². The third-order valence-corrected chi connectivity index (χ3v) is 3.60. The molecule has 0 aliphatic carbocycles. The molecule has 0 heterocycles. The van der Waals surface area contributed by atoms with Crippen LogP contribution in [0.1, 0.15) is 37.0 Å². The van der Waals surface area contributed by atoms with Gasteiger partial charge >= 0.3 is 0 Å². The molecule has 1 amide bonds. The fourth-order valence-electron chi connectivity index (χ4n) is 1.60. The van der Waals surface area contributed by atoms with Crippen molar-refractivity contribution in [2.75, 3.05) is 13.1 Å². The molecule has 0 aromatic heterocycles. The van der Waals surface area contributed by atoms with Crippen molar-refractivity contribution in [1.29, 1.82) is 0 Å². The van der Waals surface area contributed by atoms with Gasteiger partial charge in [0.2, 0.25) is 0 Å². The summed E-state index contributed by atoms with van der Waals surface area (Å²) in [5.74, 6) is 0.0729. The lowest BCUT2D eigenvalue weighted by Crippen LogP contribution is -2.32. The number of halogens is 1. The molecule has 0 unspecified atom stereocenters. The van der Waals surface area contributed by atoms with Gasteiger partial charge in [0.1, 0.15) is 0 Å². The van der Waals surface area contributed by atoms with E-state index in [2.05, 4.69) is 35.5 Å². The number of hydrogen-bond acceptors (Lipinski definition) is 2. The molecular weight excluding hydrogens is 298 g/mol. The minimum Gasteiger partial charge on any atom is -0.339 e. The van der Waals surface area contributed by atoms with Gasteiger partial charge < -0.3 is 4.90 Å². The highest BCUT2D eigenvalue weighted by atomic mass is 79.9. The van der Waals surface area contributed by atoms with Gasteiger partial charge in [0.15, 0.2) is 0 Å². The molecule has 1 aromatic rings. The first-order valence-electron chi connectivity index (χ1n) is 5.88. The third kappa shape index (κ3) is 4.03. The van der Waals surface area contributed by atoms with Gasteiger partial charge in [-0.2, -0.15) is 0 Å². The maximum Gasteiger partial charge on any atom is 0.255 e. The summed E-state index contributed by atoms with van der Waals surface area (Å²) < 4.78 is 0.829. The first-order valence-corrected chi connectivity index (χ1v) is 7.12. The van der Waals surface area contributed by atoms with Crippen LogP contribution >= 0.6 is 28.6 Å². The Balaban J connectivity index is 2.89. The first-order chi connectivity index (χ1) is 8.10. The van der Waals surface area contributed by atoms with Crippen molar-refractivity contribution in [3.8, 4) is 0 Å². The van der Waals surface area contributed by atoms with Gasteiger partial charge in [-0.1, -0.05) is 13.3 Å². The zero-order valence-electron chi connectivity index (χ0n) is 10.2. The Kier molecular flexibility index (Phi) is 6.06. The predicted molar refractivity (Wildman–Crippen MR) is 77.9 cm³/mol. The molecule has 0 aliphatic rings. The number of unbranched alkanes of at least 4 members (excludes halogenated alkanes) is 1. The minimum absolute atomic E-state index is 0.0729. The molecular formula is C13H18BrNOS. The lowest BCUT2D eigenvalue weighted by molar-refractivity contribution is 0.0761. The van der Waals surface area contributed by atoms with E-state index in [1.54, 1.807) is 0 Å². The Labute approximate surface area is 117 Å². The summed E-state index contributed by atoms with van der Waals surface area (Å²) in [5, 5.41) is 0. The second kappa shape index (κ2) is 7.07. The van der Waals surface area contributed by atoms with Crippen LogP contribution in [0.3, 0.4) is 0 Å². The van der Waals surface area contributed by atoms with Gasteiger partial charge in [0.05, 0.1) is 5.56 Å². The van der Waals surface area contributed by atoms with Crippen molar-refractivity contribution in [2.24, 2.45) is 0 Å². The van der Waals surface area contributed by atoms with E-state index in [1.165, 1.54) is 0 Å². The average molecular weight is 316 g/mol. The Hall–Kier alpha value is -0.480. The molecule has 0 spiro atoms. The SMILES string of the molecule is CCCCN(CC)C(=O)c1cc(S)ccc1Br. The number of carbonyl (C=O) groups excluding carboxylic acids is 1. The van der Waals surface area contributed by atoms with Crippen LogP contribution in [0.2, 0.25) is 0 Å². The van der Waals surface area contributed by atoms with Crippen molar-refractivity contribution in [2.45, 2.75) is 31.6 Å². The number of benzene rings is 1. The molecule has 0 atom stereocenters. The average Bonchev–Trinajstić information content (AvgIpc) is 2.33. The first kappa shape index (κ1) is 14.6. The van der Waals surface area contributed by atoms with E-state index in [0.29, 0.717) is 5.56 Å². The highest BCUT2D eigenvalue weighted by Crippen LogP contribution is 2.22. The maximum atomic E-state index is 12.3. The zero-order valence-corrected chi connectivity index (χ0v) is 12.7. The molecule has 0 radical (unpaired) electrons. The normalized spacial score (nSPS) is 10.4. The number of rotatable bonds is 5. The fourth-order valence-corrected chi connectivity index (χ4v) is 2.22. The fraction of sp³-hybridized carbons (Fsp3) is 0.462. The summed E-state index contributed by atoms with van der Waals surface area (Å²) in [6, 6.07) is 5.54. The Morgan fingerprint density at radius 2 is 2.12 bits per heavy atom. The Morgan fingerprint density at radius 1 is 1.41 bits per heavy atom. The lowest BCUT2D eigenvalue weighted by atomic mass is 10.2. The molecule has 0 saturated carbocycles. The monoisotopic (exact) mass is 315 g/mol. The van der Waals surface area contributed by atoms with Gasteiger partial charge in [-0.25, -0.2) is 0 Å². The highest BCUT2D eigenvalue weighted by molar-refractivity contribution is 9.10. The number of carbonyl (C=O) groups is 1. The quantitative estimate of drug-likeness (QED) is 0.814. The number of amides is 1. The molecule has 0 bridgehead atoms. The van der Waals surface area contributed by atoms with Crippen molar-refractivity contribution < 1.29 is 4.79 Å². The van der Waals surface area contributed by atoms with Gasteiger partial charge in [-0.15, -0.1) is 12.6 Å². The van der Waals surface area contributed by atoms with E-state index in [4.69, 9.17) is 0 Å². The summed E-state index contributed by atoms with van der Waals surface area (Å²) in [5.41, 5.74) is 0.690. The molecule has 2 nitrogen and oxygen atoms in total. The topological polar surface area (TPSA) is 20.3 Å². The summed E-state index contributed by atoms with van der Waals surface area (Å²) in [6.07, 6.45) is 2.13. The van der Waals surface area contributed by atoms with E-state index in [9.17, 15) is 4.79 Å². The highest BCUT2D eigenvalue weighted by Gasteiger charge is 2.16. The van der Waals surface area contributed by atoms with Crippen LogP contribution in [-0.4, -0.2) is 23.9 Å². The molecule has 0 saturated heterocycles. The van der Waals surface area contributed by atoms with Gasteiger partial charge in [0, 0.05) is 22.5 Å². The molecule has 4 heteroatoms. The molecule has 1 aromatic carbocycles. The maximum absolute atomic E-state index is 12.3. The van der Waals surface area contributed by atoms with Crippen LogP contribution in [0, 0.1) is 0 Å². The van der Waals surface area contributed by atoms with Crippen molar-refractivity contribution >= 4 is 34.5 Å². The molecule has 94 valence electrons. The third-order valence-electron chi connectivity index (χ3n) is 2.63. The van der Waals surface area contributed by atoms with Crippen LogP contribution < -0.4 is 0 Å². The lowest BCUT2D eigenvalue weighted by Gasteiger charge is -2.21. The summed E-state index contributed by atoms with van der Waals surface area (Å²) in [4.78, 5) is 15.0. The molecule has 17 heavy (non-hydrogen) atoms. The van der Waals surface area contributed by atoms with Crippen LogP contribution in [0.25, 0.3) is 0 Å². The van der Waals surface area contributed by atoms with E-state index < -0.39 is 0 Å². The summed E-state index contributed by atoms with van der Waals surface area (Å²) in [7, 11) is 0. The molecule has 1 rings (SSSR count). The van der Waals surface area contributed by atoms with E-state index in [0.717, 1.165) is 35.3 Å². The van der Waals surface area contributed by atoms with E-state index in [1.807, 2.05) is 30.0 Å². The smallest absolute Gasteiger partial charge is 0.255 e. The van der Waals surface area contributed by atoms with Crippen LogP contribution in [0.4, 0.5) is 0 Å². The number of thiol groups is 1. The van der Waals surface area contributed by atoms with Crippen LogP contribution in [0.15, 0.2) is 27.6 Å². The summed E-state index contributed by atoms with van der Waals surface area (Å²) >= 11 is 7.69. The zero-order chi connectivity index (χ0) is 12.8. The Bertz CT molecular complexity index is 395. The number of hydrogen-bond donors (Lipinski definition) is 1. The second-order valence-corrected chi connectivity index (χ2v) is 5.27. The van der Waals surface area contributed by atoms with Crippen LogP contribution in [-0.2, 0) is 0 Å². The molecule has 0 aliphatic heterocycles. The van der Waals surface area contributed by atoms with Crippen molar-refractivity contribution in [3.05, 3.63) is 28.2 Å². The van der Waals surface area contributed by atoms with Gasteiger partial charge in [0.25, 0.3) is 5.91 Å². The van der Waals surface area contributed by atoms with E-state index in [-0.39, 0.29) is 5.91 Å². The summed E-state index contributed by atoms with van der Waals surface area (Å²) in [6.45, 7) is 5.69. The van der Waals surface area contributed by atoms with Crippen molar-refractivity contribution in [1.82, 2.24) is 4.90 Å². The predicted octanol–water partition coefficient (Wildman–Crippen LogP) is 4.00. The number of nitrogens with zero attached hydrogens (tertiary/aromatic N) is 1. The Morgan fingerprint density at radius 3 is 2.71 bits per heavy atom. The molecule has 0 N–H and O–H groups in total. The van der Waals surface area contributed by atoms with Crippen molar-refractivity contribution in [3.63, 3.8) is 0 Å². The van der Waals surface area contributed by atoms with Gasteiger partial charge in [-0.05, 0) is 47.5 Å². The van der Waals surface area contributed by atoms with E-state index >= 15 is 0 Å². The second-order valence-electron chi connectivity index (χ2n) is 3.90. The molecule has 0 fully saturated rings. The largest absolute Gasteiger partial charge is 0.339 e. The minimum atomic E-state index is 0.0729.